The summed E-state index contributed by atoms with van der Waals surface area (Å²) >= 11 is 1.77. The van der Waals surface area contributed by atoms with Gasteiger partial charge in [0.05, 0.1) is 17.8 Å². The van der Waals surface area contributed by atoms with Gasteiger partial charge in [-0.2, -0.15) is 0 Å². The van der Waals surface area contributed by atoms with Gasteiger partial charge in [0.1, 0.15) is 0 Å². The van der Waals surface area contributed by atoms with E-state index in [0.29, 0.717) is 22.4 Å². The highest BCUT2D eigenvalue weighted by molar-refractivity contribution is 7.10. The first-order valence-corrected chi connectivity index (χ1v) is 10.8. The van der Waals surface area contributed by atoms with Crippen LogP contribution in [0.25, 0.3) is 0 Å². The highest BCUT2D eigenvalue weighted by atomic mass is 32.1. The molecule has 1 aromatic heterocycles. The predicted octanol–water partition coefficient (Wildman–Crippen LogP) is 4.08. The molecule has 1 atom stereocenters. The second-order valence-corrected chi connectivity index (χ2v) is 8.68. The minimum absolute atomic E-state index is 0.172. The van der Waals surface area contributed by atoms with Crippen LogP contribution in [0.2, 0.25) is 0 Å². The maximum atomic E-state index is 13.1. The van der Waals surface area contributed by atoms with E-state index in [9.17, 15) is 14.4 Å². The minimum atomic E-state index is -0.231. The fourth-order valence-corrected chi connectivity index (χ4v) is 5.36. The lowest BCUT2D eigenvalue weighted by Gasteiger charge is -2.33. The second kappa shape index (κ2) is 7.31. The molecule has 5 rings (SSSR count). The van der Waals surface area contributed by atoms with Crippen LogP contribution >= 0.6 is 11.3 Å². The Morgan fingerprint density at radius 1 is 1.03 bits per heavy atom. The van der Waals surface area contributed by atoms with E-state index in [2.05, 4.69) is 28.6 Å². The van der Waals surface area contributed by atoms with Gasteiger partial charge in [0.25, 0.3) is 0 Å². The van der Waals surface area contributed by atoms with E-state index in [1.807, 2.05) is 0 Å². The number of amides is 1. The van der Waals surface area contributed by atoms with Gasteiger partial charge in [-0.3, -0.25) is 19.3 Å². The zero-order chi connectivity index (χ0) is 20.8. The van der Waals surface area contributed by atoms with Crippen LogP contribution in [0.3, 0.4) is 0 Å². The van der Waals surface area contributed by atoms with Crippen LogP contribution in [0.4, 0.5) is 5.69 Å². The number of carbonyl (C=O) groups excluding carboxylic acids is 3. The Balaban J connectivity index is 1.40. The number of nitrogens with one attached hydrogen (secondary N) is 1. The molecular weight excluding hydrogens is 396 g/mol. The first kappa shape index (κ1) is 18.9. The van der Waals surface area contributed by atoms with Crippen molar-refractivity contribution in [1.82, 2.24) is 4.90 Å². The molecule has 150 valence electrons. The standard InChI is InChI=1S/C24H20N2O3S/c1-14-15-10-12-30-20(15)9-11-26(14)13-21(27)25-19-8-4-7-18-22(19)24(29)17-6-3-2-5-16(17)23(18)28/h2-8,10,12,14H,9,11,13H2,1H3,(H,25,27). The molecule has 1 N–H and O–H groups in total. The molecule has 1 unspecified atom stereocenters. The Bertz CT molecular complexity index is 1200. The molecule has 0 fully saturated rings. The highest BCUT2D eigenvalue weighted by Gasteiger charge is 2.32. The maximum absolute atomic E-state index is 13.1. The van der Waals surface area contributed by atoms with Gasteiger partial charge in [0.15, 0.2) is 11.6 Å². The largest absolute Gasteiger partial charge is 0.324 e. The van der Waals surface area contributed by atoms with Crippen molar-refractivity contribution in [1.29, 1.82) is 0 Å². The van der Waals surface area contributed by atoms with Crippen LogP contribution in [0.1, 0.15) is 55.2 Å². The summed E-state index contributed by atoms with van der Waals surface area (Å²) in [5.41, 5.74) is 3.09. The Morgan fingerprint density at radius 3 is 2.57 bits per heavy atom. The molecule has 5 nitrogen and oxygen atoms in total. The van der Waals surface area contributed by atoms with Crippen molar-refractivity contribution < 1.29 is 14.4 Å². The molecule has 0 radical (unpaired) electrons. The lowest BCUT2D eigenvalue weighted by Crippen LogP contribution is -2.39. The molecule has 2 heterocycles. The molecule has 2 aromatic carbocycles. The van der Waals surface area contributed by atoms with Gasteiger partial charge in [-0.15, -0.1) is 11.3 Å². The molecule has 6 heteroatoms. The van der Waals surface area contributed by atoms with E-state index in [-0.39, 0.29) is 35.6 Å². The van der Waals surface area contributed by atoms with Gasteiger partial charge in [0, 0.05) is 34.2 Å². The van der Waals surface area contributed by atoms with E-state index in [1.54, 1.807) is 53.8 Å². The quantitative estimate of drug-likeness (QED) is 0.547. The van der Waals surface area contributed by atoms with Gasteiger partial charge in [0.2, 0.25) is 5.91 Å². The van der Waals surface area contributed by atoms with Gasteiger partial charge >= 0.3 is 0 Å². The molecule has 0 saturated heterocycles. The number of thiophene rings is 1. The third-order valence-corrected chi connectivity index (χ3v) is 6.97. The summed E-state index contributed by atoms with van der Waals surface area (Å²) in [5, 5.41) is 4.99. The van der Waals surface area contributed by atoms with Gasteiger partial charge in [-0.1, -0.05) is 36.4 Å². The van der Waals surface area contributed by atoms with Crippen molar-refractivity contribution in [3.8, 4) is 0 Å². The van der Waals surface area contributed by atoms with Gasteiger partial charge in [-0.25, -0.2) is 0 Å². The van der Waals surface area contributed by atoms with Crippen LogP contribution in [0.5, 0.6) is 0 Å². The lowest BCUT2D eigenvalue weighted by atomic mass is 9.83. The van der Waals surface area contributed by atoms with Crippen molar-refractivity contribution >= 4 is 34.5 Å². The van der Waals surface area contributed by atoms with E-state index in [4.69, 9.17) is 0 Å². The number of fused-ring (bicyclic) bond motifs is 3. The number of benzene rings is 2. The zero-order valence-corrected chi connectivity index (χ0v) is 17.3. The third kappa shape index (κ3) is 3.00. The monoisotopic (exact) mass is 416 g/mol. The van der Waals surface area contributed by atoms with E-state index < -0.39 is 0 Å². The Morgan fingerprint density at radius 2 is 1.77 bits per heavy atom. The SMILES string of the molecule is CC1c2ccsc2CCN1CC(=O)Nc1cccc2c1C(=O)c1ccccc1C2=O. The number of nitrogens with zero attached hydrogens (tertiary/aromatic N) is 1. The van der Waals surface area contributed by atoms with Crippen molar-refractivity contribution in [2.45, 2.75) is 19.4 Å². The van der Waals surface area contributed by atoms with Crippen LogP contribution in [-0.2, 0) is 11.2 Å². The number of carbonyl (C=O) groups is 3. The second-order valence-electron chi connectivity index (χ2n) is 7.68. The maximum Gasteiger partial charge on any atom is 0.238 e. The summed E-state index contributed by atoms with van der Waals surface area (Å²) in [6.45, 7) is 3.17. The van der Waals surface area contributed by atoms with E-state index >= 15 is 0 Å². The normalized spacial score (nSPS) is 17.8. The summed E-state index contributed by atoms with van der Waals surface area (Å²) in [4.78, 5) is 42.3. The number of hydrogen-bond acceptors (Lipinski definition) is 5. The summed E-state index contributed by atoms with van der Waals surface area (Å²) in [6.07, 6.45) is 0.940. The van der Waals surface area contributed by atoms with Crippen LogP contribution in [0.15, 0.2) is 53.9 Å². The van der Waals surface area contributed by atoms with Crippen LogP contribution in [-0.4, -0.2) is 35.5 Å². The predicted molar refractivity (Wildman–Crippen MR) is 116 cm³/mol. The minimum Gasteiger partial charge on any atom is -0.324 e. The Hall–Kier alpha value is -3.09. The molecule has 3 aromatic rings. The van der Waals surface area contributed by atoms with Crippen LogP contribution in [0, 0.1) is 0 Å². The molecule has 1 aliphatic heterocycles. The van der Waals surface area contributed by atoms with E-state index in [0.717, 1.165) is 13.0 Å². The average molecular weight is 417 g/mol. The van der Waals surface area contributed by atoms with Gasteiger partial charge in [-0.05, 0) is 36.4 Å². The first-order chi connectivity index (χ1) is 14.5. The Kier molecular flexibility index (Phi) is 4.60. The van der Waals surface area contributed by atoms with Crippen molar-refractivity contribution in [2.75, 3.05) is 18.4 Å². The number of rotatable bonds is 3. The molecule has 0 saturated carbocycles. The Labute approximate surface area is 178 Å². The molecular formula is C24H20N2O3S. The summed E-state index contributed by atoms with van der Waals surface area (Å²) < 4.78 is 0. The topological polar surface area (TPSA) is 66.5 Å². The summed E-state index contributed by atoms with van der Waals surface area (Å²) in [5.74, 6) is -0.607. The number of ketones is 2. The number of hydrogen-bond donors (Lipinski definition) is 1. The van der Waals surface area contributed by atoms with Crippen molar-refractivity contribution in [3.63, 3.8) is 0 Å². The summed E-state index contributed by atoms with van der Waals surface area (Å²) in [6, 6.07) is 14.2. The van der Waals surface area contributed by atoms with Crippen molar-refractivity contribution in [3.05, 3.63) is 86.6 Å². The molecule has 2 aliphatic rings. The molecule has 1 aliphatic carbocycles. The average Bonchev–Trinajstić information content (AvgIpc) is 3.24. The van der Waals surface area contributed by atoms with Crippen LogP contribution < -0.4 is 5.32 Å². The molecule has 1 amide bonds. The van der Waals surface area contributed by atoms with Gasteiger partial charge < -0.3 is 5.32 Å². The van der Waals surface area contributed by atoms with Crippen molar-refractivity contribution in [2.24, 2.45) is 0 Å². The molecule has 0 bridgehead atoms. The highest BCUT2D eigenvalue weighted by Crippen LogP contribution is 2.34. The smallest absolute Gasteiger partial charge is 0.238 e. The molecule has 0 spiro atoms. The fraction of sp³-hybridized carbons (Fsp3) is 0.208. The number of anilines is 1. The molecule has 30 heavy (non-hydrogen) atoms. The third-order valence-electron chi connectivity index (χ3n) is 5.98. The van der Waals surface area contributed by atoms with E-state index in [1.165, 1.54) is 10.4 Å². The fourth-order valence-electron chi connectivity index (χ4n) is 4.40. The lowest BCUT2D eigenvalue weighted by molar-refractivity contribution is -0.117. The summed E-state index contributed by atoms with van der Waals surface area (Å²) in [7, 11) is 0. The zero-order valence-electron chi connectivity index (χ0n) is 16.5. The first-order valence-electron chi connectivity index (χ1n) is 9.96.